The standard InChI is InChI=1S/C21H27N/c1-17(15-22-16-19-8-6-5-7-9-19)14-18-10-12-20(13-11-18)21(2,3)4/h5-13,15,22H,14,16H2,1-4H3. The van der Waals surface area contributed by atoms with Crippen molar-refractivity contribution in [2.24, 2.45) is 0 Å². The maximum Gasteiger partial charge on any atom is 0.0395 e. The lowest BCUT2D eigenvalue weighted by Gasteiger charge is -2.19. The molecule has 0 saturated heterocycles. The van der Waals surface area contributed by atoms with Gasteiger partial charge in [-0.15, -0.1) is 0 Å². The second kappa shape index (κ2) is 7.31. The van der Waals surface area contributed by atoms with Crippen LogP contribution in [0.15, 0.2) is 66.4 Å². The normalized spacial score (nSPS) is 12.3. The van der Waals surface area contributed by atoms with Crippen LogP contribution >= 0.6 is 0 Å². The summed E-state index contributed by atoms with van der Waals surface area (Å²) in [6.45, 7) is 9.80. The molecule has 1 nitrogen and oxygen atoms in total. The first-order chi connectivity index (χ1) is 10.4. The van der Waals surface area contributed by atoms with Crippen LogP contribution in [0.3, 0.4) is 0 Å². The van der Waals surface area contributed by atoms with Crippen molar-refractivity contribution in [1.82, 2.24) is 5.32 Å². The predicted molar refractivity (Wildman–Crippen MR) is 95.9 cm³/mol. The molecule has 0 bridgehead atoms. The lowest BCUT2D eigenvalue weighted by Crippen LogP contribution is -2.10. The molecule has 1 heteroatoms. The summed E-state index contributed by atoms with van der Waals surface area (Å²) in [5.74, 6) is 0. The Kier molecular flexibility index (Phi) is 5.43. The Morgan fingerprint density at radius 2 is 1.55 bits per heavy atom. The molecular formula is C21H27N. The average Bonchev–Trinajstić information content (AvgIpc) is 2.48. The first kappa shape index (κ1) is 16.4. The molecule has 0 aromatic heterocycles. The molecule has 0 fully saturated rings. The van der Waals surface area contributed by atoms with Crippen molar-refractivity contribution < 1.29 is 0 Å². The third-order valence-corrected chi connectivity index (χ3v) is 3.80. The highest BCUT2D eigenvalue weighted by Gasteiger charge is 2.12. The molecular weight excluding hydrogens is 266 g/mol. The second-order valence-corrected chi connectivity index (χ2v) is 6.98. The highest BCUT2D eigenvalue weighted by Crippen LogP contribution is 2.22. The fraction of sp³-hybridized carbons (Fsp3) is 0.333. The Balaban J connectivity index is 1.88. The third-order valence-electron chi connectivity index (χ3n) is 3.80. The molecule has 0 saturated carbocycles. The Bertz CT molecular complexity index is 601. The van der Waals surface area contributed by atoms with Gasteiger partial charge in [-0.1, -0.05) is 80.9 Å². The molecule has 2 rings (SSSR count). The molecule has 0 aliphatic heterocycles. The van der Waals surface area contributed by atoms with Gasteiger partial charge in [-0.25, -0.2) is 0 Å². The predicted octanol–water partition coefficient (Wildman–Crippen LogP) is 5.22. The first-order valence-corrected chi connectivity index (χ1v) is 7.97. The molecule has 0 aliphatic rings. The lowest BCUT2D eigenvalue weighted by molar-refractivity contribution is 0.590. The number of allylic oxidation sites excluding steroid dienone is 1. The SMILES string of the molecule is CC(=CNCc1ccccc1)Cc1ccc(C(C)(C)C)cc1. The van der Waals surface area contributed by atoms with Gasteiger partial charge in [-0.2, -0.15) is 0 Å². The van der Waals surface area contributed by atoms with Crippen LogP contribution < -0.4 is 5.32 Å². The minimum absolute atomic E-state index is 0.223. The quantitative estimate of drug-likeness (QED) is 0.797. The van der Waals surface area contributed by atoms with E-state index in [-0.39, 0.29) is 5.41 Å². The van der Waals surface area contributed by atoms with Gasteiger partial charge >= 0.3 is 0 Å². The van der Waals surface area contributed by atoms with Crippen LogP contribution in [0.25, 0.3) is 0 Å². The van der Waals surface area contributed by atoms with Crippen molar-refractivity contribution in [3.63, 3.8) is 0 Å². The first-order valence-electron chi connectivity index (χ1n) is 7.97. The minimum atomic E-state index is 0.223. The minimum Gasteiger partial charge on any atom is -0.387 e. The van der Waals surface area contributed by atoms with Crippen LogP contribution in [0.4, 0.5) is 0 Å². The maximum absolute atomic E-state index is 3.40. The zero-order valence-electron chi connectivity index (χ0n) is 14.2. The summed E-state index contributed by atoms with van der Waals surface area (Å²) in [5.41, 5.74) is 5.63. The summed E-state index contributed by atoms with van der Waals surface area (Å²) in [7, 11) is 0. The smallest absolute Gasteiger partial charge is 0.0395 e. The monoisotopic (exact) mass is 293 g/mol. The van der Waals surface area contributed by atoms with Crippen LogP contribution in [-0.2, 0) is 18.4 Å². The third kappa shape index (κ3) is 5.07. The van der Waals surface area contributed by atoms with E-state index < -0.39 is 0 Å². The summed E-state index contributed by atoms with van der Waals surface area (Å²) in [5, 5.41) is 3.40. The van der Waals surface area contributed by atoms with E-state index in [0.717, 1.165) is 13.0 Å². The van der Waals surface area contributed by atoms with Gasteiger partial charge < -0.3 is 5.32 Å². The van der Waals surface area contributed by atoms with Crippen molar-refractivity contribution in [1.29, 1.82) is 0 Å². The Morgan fingerprint density at radius 3 is 2.14 bits per heavy atom. The molecule has 0 unspecified atom stereocenters. The van der Waals surface area contributed by atoms with E-state index in [1.807, 2.05) is 6.07 Å². The van der Waals surface area contributed by atoms with Gasteiger partial charge in [0.05, 0.1) is 0 Å². The van der Waals surface area contributed by atoms with E-state index in [9.17, 15) is 0 Å². The van der Waals surface area contributed by atoms with Gasteiger partial charge in [-0.3, -0.25) is 0 Å². The summed E-state index contributed by atoms with van der Waals surface area (Å²) < 4.78 is 0. The lowest BCUT2D eigenvalue weighted by atomic mass is 9.86. The molecule has 0 atom stereocenters. The zero-order valence-corrected chi connectivity index (χ0v) is 14.2. The maximum atomic E-state index is 3.40. The van der Waals surface area contributed by atoms with E-state index in [4.69, 9.17) is 0 Å². The summed E-state index contributed by atoms with van der Waals surface area (Å²) >= 11 is 0. The molecule has 22 heavy (non-hydrogen) atoms. The number of hydrogen-bond acceptors (Lipinski definition) is 1. The van der Waals surface area contributed by atoms with Crippen molar-refractivity contribution in [3.05, 3.63) is 83.1 Å². The van der Waals surface area contributed by atoms with Crippen LogP contribution in [0, 0.1) is 0 Å². The summed E-state index contributed by atoms with van der Waals surface area (Å²) in [6, 6.07) is 19.5. The van der Waals surface area contributed by atoms with E-state index in [1.54, 1.807) is 0 Å². The topological polar surface area (TPSA) is 12.0 Å². The molecule has 0 heterocycles. The van der Waals surface area contributed by atoms with Crippen molar-refractivity contribution in [2.45, 2.75) is 46.1 Å². The average molecular weight is 293 g/mol. The number of nitrogens with one attached hydrogen (secondary N) is 1. The highest BCUT2D eigenvalue weighted by atomic mass is 14.8. The molecule has 0 spiro atoms. The number of hydrogen-bond donors (Lipinski definition) is 1. The number of rotatable bonds is 5. The van der Waals surface area contributed by atoms with Crippen LogP contribution in [0.5, 0.6) is 0 Å². The molecule has 2 aromatic rings. The fourth-order valence-corrected chi connectivity index (χ4v) is 2.43. The van der Waals surface area contributed by atoms with E-state index in [0.29, 0.717) is 0 Å². The Labute approximate surface area is 135 Å². The molecule has 1 N–H and O–H groups in total. The van der Waals surface area contributed by atoms with Crippen molar-refractivity contribution in [2.75, 3.05) is 0 Å². The summed E-state index contributed by atoms with van der Waals surface area (Å²) in [4.78, 5) is 0. The molecule has 0 aliphatic carbocycles. The van der Waals surface area contributed by atoms with Crippen LogP contribution in [0.1, 0.15) is 44.4 Å². The molecule has 116 valence electrons. The Hall–Kier alpha value is -2.02. The van der Waals surface area contributed by atoms with E-state index >= 15 is 0 Å². The number of benzene rings is 2. The Morgan fingerprint density at radius 1 is 0.909 bits per heavy atom. The van der Waals surface area contributed by atoms with Crippen molar-refractivity contribution >= 4 is 0 Å². The van der Waals surface area contributed by atoms with E-state index in [1.165, 1.54) is 22.3 Å². The van der Waals surface area contributed by atoms with Crippen LogP contribution in [-0.4, -0.2) is 0 Å². The molecule has 2 aromatic carbocycles. The van der Waals surface area contributed by atoms with Gasteiger partial charge in [0.1, 0.15) is 0 Å². The largest absolute Gasteiger partial charge is 0.387 e. The second-order valence-electron chi connectivity index (χ2n) is 6.98. The summed E-state index contributed by atoms with van der Waals surface area (Å²) in [6.07, 6.45) is 3.12. The highest BCUT2D eigenvalue weighted by molar-refractivity contribution is 5.29. The van der Waals surface area contributed by atoms with E-state index in [2.05, 4.69) is 87.7 Å². The van der Waals surface area contributed by atoms with Crippen molar-refractivity contribution in [3.8, 4) is 0 Å². The van der Waals surface area contributed by atoms with Gasteiger partial charge in [0.2, 0.25) is 0 Å². The van der Waals surface area contributed by atoms with Crippen LogP contribution in [0.2, 0.25) is 0 Å². The molecule has 0 amide bonds. The fourth-order valence-electron chi connectivity index (χ4n) is 2.43. The van der Waals surface area contributed by atoms with Gasteiger partial charge in [0.15, 0.2) is 0 Å². The van der Waals surface area contributed by atoms with Gasteiger partial charge in [0, 0.05) is 6.54 Å². The molecule has 0 radical (unpaired) electrons. The zero-order chi connectivity index (χ0) is 16.0. The van der Waals surface area contributed by atoms with Gasteiger partial charge in [-0.05, 0) is 41.6 Å². The van der Waals surface area contributed by atoms with Gasteiger partial charge in [0.25, 0.3) is 0 Å².